The lowest BCUT2D eigenvalue weighted by Crippen LogP contribution is -2.49. The summed E-state index contributed by atoms with van der Waals surface area (Å²) in [6.07, 6.45) is 8.45. The maximum atomic E-state index is 14.0. The molecule has 1 fully saturated rings. The lowest BCUT2D eigenvalue weighted by molar-refractivity contribution is -0.136. The predicted molar refractivity (Wildman–Crippen MR) is 152 cm³/mol. The number of nitrogens with zero attached hydrogens (tertiary/aromatic N) is 3. The van der Waals surface area contributed by atoms with Crippen LogP contribution in [0.5, 0.6) is 0 Å². The van der Waals surface area contributed by atoms with E-state index in [-0.39, 0.29) is 30.4 Å². The predicted octanol–water partition coefficient (Wildman–Crippen LogP) is 6.90. The normalized spacial score (nSPS) is 14.8. The molecule has 6 heteroatoms. The molecule has 1 aliphatic rings. The van der Waals surface area contributed by atoms with Gasteiger partial charge in [0.15, 0.2) is 0 Å². The fourth-order valence-electron chi connectivity index (χ4n) is 5.15. The Bertz CT molecular complexity index is 1150. The van der Waals surface area contributed by atoms with Crippen LogP contribution in [-0.2, 0) is 17.9 Å². The average molecular weight is 565 g/mol. The van der Waals surface area contributed by atoms with E-state index in [4.69, 9.17) is 0 Å². The van der Waals surface area contributed by atoms with Crippen LogP contribution in [0.15, 0.2) is 77.4 Å². The summed E-state index contributed by atoms with van der Waals surface area (Å²) in [6, 6.07) is 22.0. The van der Waals surface area contributed by atoms with Crippen molar-refractivity contribution >= 4 is 27.7 Å². The molecule has 0 radical (unpaired) electrons. The smallest absolute Gasteiger partial charge is 0.254 e. The minimum absolute atomic E-state index is 0.0221. The number of hydrogen-bond acceptors (Lipinski definition) is 2. The molecule has 4 rings (SSSR count). The second kappa shape index (κ2) is 13.1. The number of carbonyl (C=O) groups excluding carboxylic acids is 2. The van der Waals surface area contributed by atoms with Crippen LogP contribution in [0.3, 0.4) is 0 Å². The van der Waals surface area contributed by atoms with Gasteiger partial charge in [0, 0.05) is 40.6 Å². The van der Waals surface area contributed by atoms with Gasteiger partial charge in [0.25, 0.3) is 5.91 Å². The third-order valence-corrected chi connectivity index (χ3v) is 8.10. The van der Waals surface area contributed by atoms with Gasteiger partial charge >= 0.3 is 0 Å². The lowest BCUT2D eigenvalue weighted by atomic mass is 9.94. The van der Waals surface area contributed by atoms with Gasteiger partial charge in [-0.3, -0.25) is 9.59 Å². The van der Waals surface area contributed by atoms with Crippen LogP contribution >= 0.6 is 15.9 Å². The molecule has 0 spiro atoms. The van der Waals surface area contributed by atoms with Gasteiger partial charge in [0.1, 0.15) is 6.54 Å². The first kappa shape index (κ1) is 27.2. The highest BCUT2D eigenvalue weighted by Crippen LogP contribution is 2.25. The van der Waals surface area contributed by atoms with Gasteiger partial charge in [-0.25, -0.2) is 0 Å². The Morgan fingerprint density at radius 2 is 1.68 bits per heavy atom. The van der Waals surface area contributed by atoms with Crippen LogP contribution in [-0.4, -0.2) is 44.8 Å². The van der Waals surface area contributed by atoms with Crippen LogP contribution in [0.4, 0.5) is 0 Å². The molecule has 37 heavy (non-hydrogen) atoms. The van der Waals surface area contributed by atoms with Gasteiger partial charge in [-0.15, -0.1) is 0 Å². The standard InChI is InChI=1S/C31H38BrN3O2/c1-3-24(2)34(31(37)26-11-6-4-7-12-26)23-30(36)35(28-13-8-5-9-14-28)22-29-15-10-20-33(29)21-25-16-18-27(32)19-17-25/h4,6-7,10-12,15-20,24,28H,3,5,8-9,13-14,21-23H2,1-2H3/t24-/m0/s1. The van der Waals surface area contributed by atoms with Crippen molar-refractivity contribution in [2.45, 2.75) is 77.5 Å². The molecule has 0 N–H and O–H groups in total. The van der Waals surface area contributed by atoms with Crippen LogP contribution in [0.1, 0.15) is 74.0 Å². The SMILES string of the molecule is CC[C@H](C)N(CC(=O)N(Cc1cccn1Cc1ccc(Br)cc1)C1CCCCC1)C(=O)c1ccccc1. The molecule has 0 saturated heterocycles. The van der Waals surface area contributed by atoms with E-state index >= 15 is 0 Å². The van der Waals surface area contributed by atoms with Crippen molar-refractivity contribution in [1.29, 1.82) is 0 Å². The largest absolute Gasteiger partial charge is 0.345 e. The number of aromatic nitrogens is 1. The topological polar surface area (TPSA) is 45.6 Å². The van der Waals surface area contributed by atoms with Crippen molar-refractivity contribution in [3.63, 3.8) is 0 Å². The number of benzene rings is 2. The molecule has 1 aliphatic carbocycles. The van der Waals surface area contributed by atoms with Crippen molar-refractivity contribution in [2.75, 3.05) is 6.54 Å². The summed E-state index contributed by atoms with van der Waals surface area (Å²) in [5, 5.41) is 0. The van der Waals surface area contributed by atoms with E-state index < -0.39 is 0 Å². The fraction of sp³-hybridized carbons (Fsp3) is 0.419. The maximum absolute atomic E-state index is 14.0. The second-order valence-corrected chi connectivity index (χ2v) is 11.0. The molecular weight excluding hydrogens is 526 g/mol. The molecule has 0 unspecified atom stereocenters. The van der Waals surface area contributed by atoms with Crippen molar-refractivity contribution in [3.8, 4) is 0 Å². The van der Waals surface area contributed by atoms with E-state index in [1.165, 1.54) is 12.0 Å². The van der Waals surface area contributed by atoms with Crippen molar-refractivity contribution in [1.82, 2.24) is 14.4 Å². The molecular formula is C31H38BrN3O2. The lowest BCUT2D eigenvalue weighted by Gasteiger charge is -2.37. The van der Waals surface area contributed by atoms with E-state index in [0.29, 0.717) is 12.1 Å². The van der Waals surface area contributed by atoms with Gasteiger partial charge in [-0.2, -0.15) is 0 Å². The molecule has 2 amide bonds. The fourth-order valence-corrected chi connectivity index (χ4v) is 5.42. The number of carbonyl (C=O) groups is 2. The first-order valence-electron chi connectivity index (χ1n) is 13.5. The second-order valence-electron chi connectivity index (χ2n) is 10.1. The Hall–Kier alpha value is -2.86. The summed E-state index contributed by atoms with van der Waals surface area (Å²) in [6.45, 7) is 5.51. The van der Waals surface area contributed by atoms with Gasteiger partial charge in [0.05, 0.1) is 6.54 Å². The number of halogens is 1. The van der Waals surface area contributed by atoms with Crippen LogP contribution in [0.25, 0.3) is 0 Å². The minimum Gasteiger partial charge on any atom is -0.345 e. The Morgan fingerprint density at radius 1 is 0.973 bits per heavy atom. The van der Waals surface area contributed by atoms with Gasteiger partial charge in [-0.1, -0.05) is 72.4 Å². The highest BCUT2D eigenvalue weighted by Gasteiger charge is 2.30. The number of amides is 2. The third kappa shape index (κ3) is 7.13. The third-order valence-electron chi connectivity index (χ3n) is 7.57. The molecule has 196 valence electrons. The zero-order chi connectivity index (χ0) is 26.2. The summed E-state index contributed by atoms with van der Waals surface area (Å²) in [5.74, 6) is -0.0432. The number of rotatable bonds is 10. The zero-order valence-corrected chi connectivity index (χ0v) is 23.6. The Labute approximate surface area is 229 Å². The minimum atomic E-state index is -0.0782. The summed E-state index contributed by atoms with van der Waals surface area (Å²) in [5.41, 5.74) is 2.96. The van der Waals surface area contributed by atoms with E-state index in [1.54, 1.807) is 4.90 Å². The Morgan fingerprint density at radius 3 is 2.35 bits per heavy atom. The summed E-state index contributed by atoms with van der Waals surface area (Å²) >= 11 is 3.51. The average Bonchev–Trinajstić information content (AvgIpc) is 3.38. The van der Waals surface area contributed by atoms with Gasteiger partial charge in [-0.05, 0) is 68.1 Å². The van der Waals surface area contributed by atoms with E-state index in [0.717, 1.165) is 48.8 Å². The Kier molecular flexibility index (Phi) is 9.62. The molecule has 0 aliphatic heterocycles. The molecule has 1 aromatic heterocycles. The monoisotopic (exact) mass is 563 g/mol. The first-order chi connectivity index (χ1) is 18.0. The van der Waals surface area contributed by atoms with Crippen molar-refractivity contribution < 1.29 is 9.59 Å². The molecule has 1 heterocycles. The van der Waals surface area contributed by atoms with Crippen molar-refractivity contribution in [3.05, 3.63) is 94.2 Å². The molecule has 3 aromatic rings. The Balaban J connectivity index is 1.56. The van der Waals surface area contributed by atoms with Crippen LogP contribution in [0, 0.1) is 0 Å². The molecule has 5 nitrogen and oxygen atoms in total. The van der Waals surface area contributed by atoms with E-state index in [9.17, 15) is 9.59 Å². The van der Waals surface area contributed by atoms with Crippen molar-refractivity contribution in [2.24, 2.45) is 0 Å². The summed E-state index contributed by atoms with van der Waals surface area (Å²) < 4.78 is 3.29. The van der Waals surface area contributed by atoms with Gasteiger partial charge < -0.3 is 14.4 Å². The highest BCUT2D eigenvalue weighted by molar-refractivity contribution is 9.10. The molecule has 1 atom stereocenters. The molecule has 1 saturated carbocycles. The van der Waals surface area contributed by atoms with Crippen LogP contribution < -0.4 is 0 Å². The first-order valence-corrected chi connectivity index (χ1v) is 14.3. The zero-order valence-electron chi connectivity index (χ0n) is 22.0. The van der Waals surface area contributed by atoms with E-state index in [2.05, 4.69) is 74.9 Å². The highest BCUT2D eigenvalue weighted by atomic mass is 79.9. The van der Waals surface area contributed by atoms with Gasteiger partial charge in [0.2, 0.25) is 5.91 Å². The molecule has 0 bridgehead atoms. The summed E-state index contributed by atoms with van der Waals surface area (Å²) in [4.78, 5) is 31.2. The maximum Gasteiger partial charge on any atom is 0.254 e. The van der Waals surface area contributed by atoms with Crippen LogP contribution in [0.2, 0.25) is 0 Å². The van der Waals surface area contributed by atoms with E-state index in [1.807, 2.05) is 37.3 Å². The number of hydrogen-bond donors (Lipinski definition) is 0. The summed E-state index contributed by atoms with van der Waals surface area (Å²) in [7, 11) is 0. The molecule has 2 aromatic carbocycles. The quantitative estimate of drug-likeness (QED) is 0.269.